The van der Waals surface area contributed by atoms with Gasteiger partial charge in [0.05, 0.1) is 0 Å². The van der Waals surface area contributed by atoms with Gasteiger partial charge in [0.25, 0.3) is 0 Å². The Labute approximate surface area is 86.7 Å². The number of rotatable bonds is 3. The summed E-state index contributed by atoms with van der Waals surface area (Å²) in [5.41, 5.74) is 6.03. The van der Waals surface area contributed by atoms with Crippen LogP contribution in [0.25, 0.3) is 5.65 Å². The third-order valence-corrected chi connectivity index (χ3v) is 2.05. The summed E-state index contributed by atoms with van der Waals surface area (Å²) in [6.45, 7) is 4.51. The molecule has 0 spiro atoms. The first-order valence-corrected chi connectivity index (χ1v) is 4.64. The van der Waals surface area contributed by atoms with E-state index in [2.05, 4.69) is 25.9 Å². The quantitative estimate of drug-likeness (QED) is 0.715. The molecule has 0 saturated heterocycles. The fraction of sp³-hybridized carbons (Fsp3) is 0.500. The van der Waals surface area contributed by atoms with Crippen molar-refractivity contribution in [3.8, 4) is 0 Å². The van der Waals surface area contributed by atoms with Crippen LogP contribution in [0.2, 0.25) is 0 Å². The van der Waals surface area contributed by atoms with Crippen LogP contribution in [-0.4, -0.2) is 37.3 Å². The predicted octanol–water partition coefficient (Wildman–Crippen LogP) is -0.332. The first kappa shape index (κ1) is 9.78. The second kappa shape index (κ2) is 3.43. The molecule has 80 valence electrons. The van der Waals surface area contributed by atoms with Crippen LogP contribution in [0.3, 0.4) is 0 Å². The van der Waals surface area contributed by atoms with Gasteiger partial charge in [0.1, 0.15) is 5.82 Å². The highest BCUT2D eigenvalue weighted by Crippen LogP contribution is 2.10. The van der Waals surface area contributed by atoms with Gasteiger partial charge in [-0.05, 0) is 36.4 Å². The molecular weight excluding hydrogens is 194 g/mol. The van der Waals surface area contributed by atoms with E-state index in [-0.39, 0.29) is 5.54 Å². The molecule has 7 nitrogen and oxygen atoms in total. The summed E-state index contributed by atoms with van der Waals surface area (Å²) >= 11 is 0. The van der Waals surface area contributed by atoms with Crippen molar-refractivity contribution in [2.45, 2.75) is 19.4 Å². The summed E-state index contributed by atoms with van der Waals surface area (Å²) in [5, 5.41) is 18.4. The lowest BCUT2D eigenvalue weighted by Crippen LogP contribution is -2.39. The third kappa shape index (κ3) is 2.01. The average molecular weight is 207 g/mol. The zero-order valence-corrected chi connectivity index (χ0v) is 8.68. The van der Waals surface area contributed by atoms with Crippen molar-refractivity contribution < 1.29 is 0 Å². The Bertz CT molecular complexity index is 461. The van der Waals surface area contributed by atoms with Crippen LogP contribution in [0.4, 0.5) is 5.82 Å². The Balaban J connectivity index is 2.28. The highest BCUT2D eigenvalue weighted by molar-refractivity contribution is 5.43. The number of aromatic nitrogens is 5. The Morgan fingerprint density at radius 2 is 2.27 bits per heavy atom. The second-order valence-electron chi connectivity index (χ2n) is 3.96. The number of hydrogen-bond acceptors (Lipinski definition) is 6. The Morgan fingerprint density at radius 1 is 1.47 bits per heavy atom. The van der Waals surface area contributed by atoms with Gasteiger partial charge < -0.3 is 11.1 Å². The second-order valence-corrected chi connectivity index (χ2v) is 3.96. The van der Waals surface area contributed by atoms with Crippen molar-refractivity contribution in [2.75, 3.05) is 11.9 Å². The molecule has 0 aromatic carbocycles. The zero-order valence-electron chi connectivity index (χ0n) is 8.68. The lowest BCUT2D eigenvalue weighted by atomic mass is 10.1. The number of nitrogens with zero attached hydrogens (tertiary/aromatic N) is 5. The van der Waals surface area contributed by atoms with E-state index in [1.165, 1.54) is 4.63 Å². The minimum Gasteiger partial charge on any atom is -0.362 e. The molecule has 0 bridgehead atoms. The van der Waals surface area contributed by atoms with Crippen LogP contribution in [0.5, 0.6) is 0 Å². The predicted molar refractivity (Wildman–Crippen MR) is 55.3 cm³/mol. The van der Waals surface area contributed by atoms with Gasteiger partial charge in [0, 0.05) is 12.1 Å². The number of nitrogens with two attached hydrogens (primary N) is 1. The number of tetrazole rings is 1. The lowest BCUT2D eigenvalue weighted by molar-refractivity contribution is 0.573. The monoisotopic (exact) mass is 207 g/mol. The minimum atomic E-state index is -0.200. The van der Waals surface area contributed by atoms with E-state index in [1.807, 2.05) is 19.9 Å². The van der Waals surface area contributed by atoms with Crippen molar-refractivity contribution in [3.05, 3.63) is 12.1 Å². The SMILES string of the molecule is CC(C)(CN)Nc1ccc2nnnn2n1. The van der Waals surface area contributed by atoms with E-state index < -0.39 is 0 Å². The van der Waals surface area contributed by atoms with E-state index in [4.69, 9.17) is 5.73 Å². The molecule has 7 heteroatoms. The highest BCUT2D eigenvalue weighted by Gasteiger charge is 2.15. The third-order valence-electron chi connectivity index (χ3n) is 2.05. The number of nitrogens with one attached hydrogen (secondary N) is 1. The van der Waals surface area contributed by atoms with Gasteiger partial charge in [-0.25, -0.2) is 0 Å². The minimum absolute atomic E-state index is 0.200. The number of anilines is 1. The molecule has 0 amide bonds. The van der Waals surface area contributed by atoms with Gasteiger partial charge in [0.15, 0.2) is 5.65 Å². The van der Waals surface area contributed by atoms with Gasteiger partial charge in [0.2, 0.25) is 0 Å². The number of fused-ring (bicyclic) bond motifs is 1. The molecular formula is C8H13N7. The maximum atomic E-state index is 5.61. The van der Waals surface area contributed by atoms with Gasteiger partial charge in [-0.1, -0.05) is 0 Å². The molecule has 0 unspecified atom stereocenters. The lowest BCUT2D eigenvalue weighted by Gasteiger charge is -2.24. The average Bonchev–Trinajstić information content (AvgIpc) is 2.64. The maximum Gasteiger partial charge on any atom is 0.200 e. The van der Waals surface area contributed by atoms with E-state index in [1.54, 1.807) is 6.07 Å². The molecule has 2 rings (SSSR count). The summed E-state index contributed by atoms with van der Waals surface area (Å²) < 4.78 is 1.37. The fourth-order valence-corrected chi connectivity index (χ4v) is 1.11. The smallest absolute Gasteiger partial charge is 0.200 e. The first-order valence-electron chi connectivity index (χ1n) is 4.64. The van der Waals surface area contributed by atoms with Crippen LogP contribution >= 0.6 is 0 Å². The molecule has 15 heavy (non-hydrogen) atoms. The Morgan fingerprint density at radius 3 is 3.00 bits per heavy atom. The molecule has 3 N–H and O–H groups in total. The van der Waals surface area contributed by atoms with Crippen molar-refractivity contribution >= 4 is 11.5 Å². The Kier molecular flexibility index (Phi) is 2.24. The van der Waals surface area contributed by atoms with E-state index >= 15 is 0 Å². The van der Waals surface area contributed by atoms with Crippen LogP contribution in [0.1, 0.15) is 13.8 Å². The summed E-state index contributed by atoms with van der Waals surface area (Å²) in [5.74, 6) is 0.699. The molecule has 0 aliphatic rings. The van der Waals surface area contributed by atoms with Gasteiger partial charge >= 0.3 is 0 Å². The van der Waals surface area contributed by atoms with Crippen LogP contribution in [-0.2, 0) is 0 Å². The van der Waals surface area contributed by atoms with Crippen molar-refractivity contribution in [1.82, 2.24) is 25.3 Å². The summed E-state index contributed by atoms with van der Waals surface area (Å²) in [7, 11) is 0. The van der Waals surface area contributed by atoms with Crippen molar-refractivity contribution in [3.63, 3.8) is 0 Å². The summed E-state index contributed by atoms with van der Waals surface area (Å²) in [6.07, 6.45) is 0. The standard InChI is InChI=1S/C8H13N7/c1-8(2,5-9)10-6-3-4-7-11-13-14-15(7)12-6/h3-4H,5,9H2,1-2H3,(H,10,12). The van der Waals surface area contributed by atoms with Crippen LogP contribution in [0, 0.1) is 0 Å². The van der Waals surface area contributed by atoms with E-state index in [0.717, 1.165) is 0 Å². The van der Waals surface area contributed by atoms with Gasteiger partial charge in [-0.3, -0.25) is 0 Å². The molecule has 0 radical (unpaired) electrons. The molecule has 0 atom stereocenters. The molecule has 0 aliphatic carbocycles. The molecule has 0 saturated carbocycles. The van der Waals surface area contributed by atoms with Crippen LogP contribution in [0.15, 0.2) is 12.1 Å². The summed E-state index contributed by atoms with van der Waals surface area (Å²) in [6, 6.07) is 3.62. The molecule has 2 aromatic heterocycles. The molecule has 2 aromatic rings. The van der Waals surface area contributed by atoms with E-state index in [0.29, 0.717) is 18.0 Å². The Hall–Kier alpha value is -1.76. The fourth-order valence-electron chi connectivity index (χ4n) is 1.11. The van der Waals surface area contributed by atoms with Gasteiger partial charge in [-0.15, -0.1) is 14.8 Å². The topological polar surface area (TPSA) is 94.0 Å². The molecule has 0 fully saturated rings. The maximum absolute atomic E-state index is 5.61. The highest BCUT2D eigenvalue weighted by atomic mass is 15.6. The number of hydrogen-bond donors (Lipinski definition) is 2. The van der Waals surface area contributed by atoms with Crippen molar-refractivity contribution in [2.24, 2.45) is 5.73 Å². The van der Waals surface area contributed by atoms with E-state index in [9.17, 15) is 0 Å². The first-order chi connectivity index (χ1) is 7.11. The summed E-state index contributed by atoms with van der Waals surface area (Å²) in [4.78, 5) is 0. The van der Waals surface area contributed by atoms with Gasteiger partial charge in [-0.2, -0.15) is 0 Å². The molecule has 0 aliphatic heterocycles. The zero-order chi connectivity index (χ0) is 10.9. The van der Waals surface area contributed by atoms with Crippen molar-refractivity contribution in [1.29, 1.82) is 0 Å². The molecule has 2 heterocycles. The van der Waals surface area contributed by atoms with Crippen LogP contribution < -0.4 is 11.1 Å². The normalized spacial score (nSPS) is 11.9. The largest absolute Gasteiger partial charge is 0.362 e.